The second-order valence-electron chi connectivity index (χ2n) is 6.31. The van der Waals surface area contributed by atoms with Gasteiger partial charge in [0.1, 0.15) is 5.75 Å². The van der Waals surface area contributed by atoms with Crippen LogP contribution in [-0.4, -0.2) is 48.4 Å². The zero-order valence-electron chi connectivity index (χ0n) is 15.0. The van der Waals surface area contributed by atoms with Gasteiger partial charge >= 0.3 is 0 Å². The van der Waals surface area contributed by atoms with E-state index in [1.54, 1.807) is 12.0 Å². The Kier molecular flexibility index (Phi) is 6.64. The molecule has 0 spiro atoms. The molecule has 2 amide bonds. The fraction of sp³-hybridized carbons (Fsp3) is 0.579. The number of benzene rings is 1. The maximum absolute atomic E-state index is 12.7. The molecule has 0 bridgehead atoms. The van der Waals surface area contributed by atoms with Crippen molar-refractivity contribution in [1.29, 1.82) is 0 Å². The van der Waals surface area contributed by atoms with Gasteiger partial charge in [-0.2, -0.15) is 0 Å². The van der Waals surface area contributed by atoms with Gasteiger partial charge in [-0.25, -0.2) is 0 Å². The van der Waals surface area contributed by atoms with E-state index in [1.165, 1.54) is 0 Å². The number of hydrogen-bond donors (Lipinski definition) is 0. The zero-order valence-corrected chi connectivity index (χ0v) is 15.0. The lowest BCUT2D eigenvalue weighted by Crippen LogP contribution is -2.38. The van der Waals surface area contributed by atoms with Gasteiger partial charge in [0.05, 0.1) is 13.0 Å². The molecule has 0 aromatic heterocycles. The van der Waals surface area contributed by atoms with E-state index in [1.807, 2.05) is 29.2 Å². The lowest BCUT2D eigenvalue weighted by molar-refractivity contribution is -0.136. The van der Waals surface area contributed by atoms with Crippen molar-refractivity contribution >= 4 is 11.8 Å². The fourth-order valence-corrected chi connectivity index (χ4v) is 3.26. The molecule has 1 saturated heterocycles. The highest BCUT2D eigenvalue weighted by molar-refractivity contribution is 5.89. The maximum Gasteiger partial charge on any atom is 0.227 e. The predicted molar refractivity (Wildman–Crippen MR) is 93.7 cm³/mol. The second-order valence-corrected chi connectivity index (χ2v) is 6.31. The molecule has 1 fully saturated rings. The Labute approximate surface area is 144 Å². The number of ether oxygens (including phenoxy) is 1. The third kappa shape index (κ3) is 4.28. The Morgan fingerprint density at radius 3 is 2.54 bits per heavy atom. The molecule has 1 aromatic carbocycles. The van der Waals surface area contributed by atoms with Crippen LogP contribution in [0.25, 0.3) is 0 Å². The summed E-state index contributed by atoms with van der Waals surface area (Å²) >= 11 is 0. The molecule has 5 heteroatoms. The summed E-state index contributed by atoms with van der Waals surface area (Å²) < 4.78 is 5.35. The molecule has 0 aliphatic carbocycles. The predicted octanol–water partition coefficient (Wildman–Crippen LogP) is 2.69. The van der Waals surface area contributed by atoms with Gasteiger partial charge in [-0.05, 0) is 18.9 Å². The summed E-state index contributed by atoms with van der Waals surface area (Å²) in [7, 11) is 1.63. The van der Waals surface area contributed by atoms with Crippen LogP contribution >= 0.6 is 0 Å². The normalized spacial score (nSPS) is 17.2. The van der Waals surface area contributed by atoms with Gasteiger partial charge in [0.2, 0.25) is 11.8 Å². The van der Waals surface area contributed by atoms with Crippen LogP contribution in [0.4, 0.5) is 0 Å². The SMILES string of the molecule is CCCN(CCC)C(=O)[C@H]1CC(=O)N(Cc2ccccc2OC)C1. The summed E-state index contributed by atoms with van der Waals surface area (Å²) in [5.74, 6) is 0.728. The Balaban J connectivity index is 2.03. The molecular weight excluding hydrogens is 304 g/mol. The fourth-order valence-electron chi connectivity index (χ4n) is 3.26. The third-order valence-electron chi connectivity index (χ3n) is 4.42. The molecule has 1 atom stereocenters. The van der Waals surface area contributed by atoms with Gasteiger partial charge in [-0.1, -0.05) is 32.0 Å². The van der Waals surface area contributed by atoms with E-state index in [0.29, 0.717) is 19.5 Å². The Bertz CT molecular complexity index is 567. The number of para-hydroxylation sites is 1. The first-order chi connectivity index (χ1) is 11.6. The van der Waals surface area contributed by atoms with E-state index in [9.17, 15) is 9.59 Å². The van der Waals surface area contributed by atoms with Crippen LogP contribution in [0.3, 0.4) is 0 Å². The third-order valence-corrected chi connectivity index (χ3v) is 4.42. The Hall–Kier alpha value is -2.04. The molecule has 1 aromatic rings. The number of likely N-dealkylation sites (tertiary alicyclic amines) is 1. The van der Waals surface area contributed by atoms with Crippen molar-refractivity contribution in [3.8, 4) is 5.75 Å². The smallest absolute Gasteiger partial charge is 0.227 e. The minimum Gasteiger partial charge on any atom is -0.496 e. The molecule has 2 rings (SSSR count). The van der Waals surface area contributed by atoms with Crippen molar-refractivity contribution < 1.29 is 14.3 Å². The molecule has 132 valence electrons. The summed E-state index contributed by atoms with van der Waals surface area (Å²) in [5.41, 5.74) is 0.973. The van der Waals surface area contributed by atoms with E-state index >= 15 is 0 Å². The number of amides is 2. The first-order valence-electron chi connectivity index (χ1n) is 8.79. The van der Waals surface area contributed by atoms with Crippen molar-refractivity contribution in [2.24, 2.45) is 5.92 Å². The standard InChI is InChI=1S/C19H28N2O3/c1-4-10-20(11-5-2)19(23)16-12-18(22)21(14-16)13-15-8-6-7-9-17(15)24-3/h6-9,16H,4-5,10-14H2,1-3H3/t16-/m0/s1. The minimum absolute atomic E-state index is 0.0483. The Morgan fingerprint density at radius 1 is 1.25 bits per heavy atom. The van der Waals surface area contributed by atoms with Gasteiger partial charge < -0.3 is 14.5 Å². The van der Waals surface area contributed by atoms with Crippen molar-refractivity contribution in [3.05, 3.63) is 29.8 Å². The van der Waals surface area contributed by atoms with Gasteiger partial charge in [-0.15, -0.1) is 0 Å². The minimum atomic E-state index is -0.217. The maximum atomic E-state index is 12.7. The van der Waals surface area contributed by atoms with E-state index in [4.69, 9.17) is 4.74 Å². The molecule has 24 heavy (non-hydrogen) atoms. The van der Waals surface area contributed by atoms with Crippen LogP contribution in [0.2, 0.25) is 0 Å². The number of hydrogen-bond acceptors (Lipinski definition) is 3. The van der Waals surface area contributed by atoms with Crippen molar-refractivity contribution in [2.45, 2.75) is 39.7 Å². The first-order valence-corrected chi connectivity index (χ1v) is 8.79. The van der Waals surface area contributed by atoms with Crippen LogP contribution in [0.15, 0.2) is 24.3 Å². The van der Waals surface area contributed by atoms with Crippen LogP contribution < -0.4 is 4.74 Å². The number of methoxy groups -OCH3 is 1. The van der Waals surface area contributed by atoms with E-state index in [0.717, 1.165) is 37.2 Å². The quantitative estimate of drug-likeness (QED) is 0.735. The topological polar surface area (TPSA) is 49.9 Å². The van der Waals surface area contributed by atoms with Crippen molar-refractivity contribution in [2.75, 3.05) is 26.7 Å². The van der Waals surface area contributed by atoms with Crippen molar-refractivity contribution in [3.63, 3.8) is 0 Å². The molecule has 0 saturated carbocycles. The Morgan fingerprint density at radius 2 is 1.92 bits per heavy atom. The molecule has 1 heterocycles. The average molecular weight is 332 g/mol. The molecule has 0 unspecified atom stereocenters. The molecular formula is C19H28N2O3. The number of carbonyl (C=O) groups is 2. The highest BCUT2D eigenvalue weighted by Crippen LogP contribution is 2.25. The molecule has 0 N–H and O–H groups in total. The van der Waals surface area contributed by atoms with Gasteiger partial charge in [-0.3, -0.25) is 9.59 Å². The van der Waals surface area contributed by atoms with Crippen LogP contribution in [-0.2, 0) is 16.1 Å². The number of carbonyl (C=O) groups excluding carboxylic acids is 2. The highest BCUT2D eigenvalue weighted by atomic mass is 16.5. The van der Waals surface area contributed by atoms with Crippen molar-refractivity contribution in [1.82, 2.24) is 9.80 Å². The molecule has 1 aliphatic rings. The molecule has 5 nitrogen and oxygen atoms in total. The van der Waals surface area contributed by atoms with E-state index in [2.05, 4.69) is 13.8 Å². The monoisotopic (exact) mass is 332 g/mol. The average Bonchev–Trinajstić information content (AvgIpc) is 2.95. The lowest BCUT2D eigenvalue weighted by Gasteiger charge is -2.25. The van der Waals surface area contributed by atoms with Gasteiger partial charge in [0.25, 0.3) is 0 Å². The number of rotatable bonds is 8. The number of nitrogens with zero attached hydrogens (tertiary/aromatic N) is 2. The van der Waals surface area contributed by atoms with Gasteiger partial charge in [0.15, 0.2) is 0 Å². The molecule has 0 radical (unpaired) electrons. The second kappa shape index (κ2) is 8.71. The summed E-state index contributed by atoms with van der Waals surface area (Å²) in [6.07, 6.45) is 2.20. The van der Waals surface area contributed by atoms with E-state index in [-0.39, 0.29) is 17.7 Å². The first kappa shape index (κ1) is 18.3. The summed E-state index contributed by atoms with van der Waals surface area (Å²) in [6, 6.07) is 7.70. The van der Waals surface area contributed by atoms with E-state index < -0.39 is 0 Å². The lowest BCUT2D eigenvalue weighted by atomic mass is 10.1. The highest BCUT2D eigenvalue weighted by Gasteiger charge is 2.36. The van der Waals surface area contributed by atoms with Crippen LogP contribution in [0.5, 0.6) is 5.75 Å². The summed E-state index contributed by atoms with van der Waals surface area (Å²) in [5, 5.41) is 0. The zero-order chi connectivity index (χ0) is 17.5. The van der Waals surface area contributed by atoms with Gasteiger partial charge in [0, 0.05) is 38.2 Å². The summed E-state index contributed by atoms with van der Waals surface area (Å²) in [4.78, 5) is 28.7. The van der Waals surface area contributed by atoms with Crippen LogP contribution in [0, 0.1) is 5.92 Å². The van der Waals surface area contributed by atoms with Crippen LogP contribution in [0.1, 0.15) is 38.7 Å². The summed E-state index contributed by atoms with van der Waals surface area (Å²) in [6.45, 7) is 6.68. The largest absolute Gasteiger partial charge is 0.496 e. The molecule has 1 aliphatic heterocycles.